The number of hydrogen-bond acceptors (Lipinski definition) is 5. The van der Waals surface area contributed by atoms with Crippen molar-refractivity contribution in [3.05, 3.63) is 27.5 Å². The number of halogens is 1. The summed E-state index contributed by atoms with van der Waals surface area (Å²) < 4.78 is 18.7. The van der Waals surface area contributed by atoms with E-state index in [0.717, 1.165) is 9.13 Å². The lowest BCUT2D eigenvalue weighted by Crippen LogP contribution is -2.06. The summed E-state index contributed by atoms with van der Waals surface area (Å²) >= 11 is 2.15. The third-order valence-electron chi connectivity index (χ3n) is 2.88. The first-order valence-corrected chi connectivity index (χ1v) is 6.70. The molecule has 0 unspecified atom stereocenters. The van der Waals surface area contributed by atoms with Gasteiger partial charge < -0.3 is 19.9 Å². The summed E-state index contributed by atoms with van der Waals surface area (Å²) in [6.07, 6.45) is 1.74. The molecule has 0 fully saturated rings. The number of ether oxygens (including phenoxy) is 3. The van der Waals surface area contributed by atoms with Gasteiger partial charge in [0.05, 0.1) is 23.4 Å². The zero-order valence-corrected chi connectivity index (χ0v) is 12.4. The van der Waals surface area contributed by atoms with Gasteiger partial charge in [-0.05, 0) is 40.3 Å². The molecule has 0 saturated carbocycles. The highest BCUT2D eigenvalue weighted by Gasteiger charge is 2.20. The van der Waals surface area contributed by atoms with Gasteiger partial charge in [-0.25, -0.2) is 4.68 Å². The monoisotopic (exact) mass is 373 g/mol. The van der Waals surface area contributed by atoms with Gasteiger partial charge in [0, 0.05) is 0 Å². The fraction of sp³-hybridized carbons (Fsp3) is 0.250. The molecular formula is C12H12IN3O3. The number of hydrogen-bond donors (Lipinski definition) is 1. The Morgan fingerprint density at radius 2 is 2.32 bits per heavy atom. The second-order valence-corrected chi connectivity index (χ2v) is 5.23. The summed E-state index contributed by atoms with van der Waals surface area (Å²) in [7, 11) is 1.60. The van der Waals surface area contributed by atoms with Crippen molar-refractivity contribution in [3.63, 3.8) is 0 Å². The van der Waals surface area contributed by atoms with E-state index in [0.29, 0.717) is 29.6 Å². The Morgan fingerprint density at radius 3 is 3.00 bits per heavy atom. The van der Waals surface area contributed by atoms with Crippen molar-refractivity contribution in [2.24, 2.45) is 0 Å². The van der Waals surface area contributed by atoms with Crippen LogP contribution in [0.2, 0.25) is 0 Å². The molecule has 2 heterocycles. The molecule has 0 atom stereocenters. The summed E-state index contributed by atoms with van der Waals surface area (Å²) in [4.78, 5) is 0. The Hall–Kier alpha value is -1.64. The first-order valence-electron chi connectivity index (χ1n) is 5.62. The first kappa shape index (κ1) is 12.4. The van der Waals surface area contributed by atoms with Gasteiger partial charge in [0.2, 0.25) is 12.5 Å². The van der Waals surface area contributed by atoms with Crippen LogP contribution in [-0.4, -0.2) is 23.7 Å². The van der Waals surface area contributed by atoms with Crippen LogP contribution in [0.1, 0.15) is 5.56 Å². The first-order chi connectivity index (χ1) is 9.19. The summed E-state index contributed by atoms with van der Waals surface area (Å²) in [5.74, 6) is 2.65. The Balaban J connectivity index is 1.95. The highest BCUT2D eigenvalue weighted by molar-refractivity contribution is 14.1. The lowest BCUT2D eigenvalue weighted by atomic mass is 10.2. The van der Waals surface area contributed by atoms with E-state index in [1.807, 2.05) is 12.1 Å². The Morgan fingerprint density at radius 1 is 1.47 bits per heavy atom. The van der Waals surface area contributed by atoms with Gasteiger partial charge in [0.1, 0.15) is 5.82 Å². The molecule has 100 valence electrons. The molecule has 0 spiro atoms. The SMILES string of the molecule is COc1cc(Cn2ncc(I)c2N)cc2c1OCO2. The van der Waals surface area contributed by atoms with E-state index in [-0.39, 0.29) is 6.79 Å². The van der Waals surface area contributed by atoms with E-state index in [2.05, 4.69) is 27.7 Å². The topological polar surface area (TPSA) is 71.5 Å². The fourth-order valence-electron chi connectivity index (χ4n) is 1.95. The standard InChI is InChI=1S/C12H12IN3O3/c1-17-9-2-7(3-10-11(9)19-6-18-10)5-16-12(14)8(13)4-15-16/h2-4H,5-6,14H2,1H3. The Bertz CT molecular complexity index is 627. The van der Waals surface area contributed by atoms with E-state index in [9.17, 15) is 0 Å². The zero-order valence-electron chi connectivity index (χ0n) is 10.2. The number of methoxy groups -OCH3 is 1. The lowest BCUT2D eigenvalue weighted by Gasteiger charge is -2.09. The van der Waals surface area contributed by atoms with Crippen LogP contribution in [0.5, 0.6) is 17.2 Å². The summed E-state index contributed by atoms with van der Waals surface area (Å²) in [5, 5.41) is 4.23. The van der Waals surface area contributed by atoms with Crippen LogP contribution in [-0.2, 0) is 6.54 Å². The highest BCUT2D eigenvalue weighted by Crippen LogP contribution is 2.42. The molecule has 0 bridgehead atoms. The normalized spacial score (nSPS) is 12.7. The van der Waals surface area contributed by atoms with Gasteiger partial charge >= 0.3 is 0 Å². The maximum atomic E-state index is 5.94. The molecule has 2 aromatic rings. The minimum absolute atomic E-state index is 0.219. The van der Waals surface area contributed by atoms with E-state index in [4.69, 9.17) is 19.9 Å². The minimum Gasteiger partial charge on any atom is -0.493 e. The zero-order chi connectivity index (χ0) is 13.4. The van der Waals surface area contributed by atoms with Crippen molar-refractivity contribution in [2.45, 2.75) is 6.54 Å². The number of nitrogens with zero attached hydrogens (tertiary/aromatic N) is 2. The molecule has 0 saturated heterocycles. The van der Waals surface area contributed by atoms with Gasteiger partial charge in [-0.1, -0.05) is 0 Å². The Labute approximate surface area is 123 Å². The van der Waals surface area contributed by atoms with Crippen LogP contribution in [0.15, 0.2) is 18.3 Å². The number of rotatable bonds is 3. The summed E-state index contributed by atoms with van der Waals surface area (Å²) in [5.41, 5.74) is 6.93. The molecule has 1 aliphatic heterocycles. The number of nitrogen functional groups attached to an aromatic ring is 1. The number of nitrogens with two attached hydrogens (primary N) is 1. The summed E-state index contributed by atoms with van der Waals surface area (Å²) in [6, 6.07) is 3.82. The Kier molecular flexibility index (Phi) is 3.13. The van der Waals surface area contributed by atoms with Gasteiger partial charge in [-0.15, -0.1) is 0 Å². The predicted octanol–water partition coefficient (Wildman–Crippen LogP) is 1.86. The van der Waals surface area contributed by atoms with Gasteiger partial charge in [-0.3, -0.25) is 0 Å². The third kappa shape index (κ3) is 2.18. The average molecular weight is 373 g/mol. The summed E-state index contributed by atoms with van der Waals surface area (Å²) in [6.45, 7) is 0.777. The average Bonchev–Trinajstić information content (AvgIpc) is 2.99. The highest BCUT2D eigenvalue weighted by atomic mass is 127. The van der Waals surface area contributed by atoms with Gasteiger partial charge in [0.25, 0.3) is 0 Å². The van der Waals surface area contributed by atoms with Crippen LogP contribution < -0.4 is 19.9 Å². The van der Waals surface area contributed by atoms with Crippen LogP contribution in [0.4, 0.5) is 5.82 Å². The van der Waals surface area contributed by atoms with Gasteiger partial charge in [0.15, 0.2) is 11.5 Å². The number of benzene rings is 1. The van der Waals surface area contributed by atoms with Crippen molar-refractivity contribution in [3.8, 4) is 17.2 Å². The smallest absolute Gasteiger partial charge is 0.231 e. The third-order valence-corrected chi connectivity index (χ3v) is 3.71. The number of fused-ring (bicyclic) bond motifs is 1. The molecule has 19 heavy (non-hydrogen) atoms. The van der Waals surface area contributed by atoms with E-state index in [1.54, 1.807) is 18.0 Å². The van der Waals surface area contributed by atoms with E-state index < -0.39 is 0 Å². The second-order valence-electron chi connectivity index (χ2n) is 4.07. The molecule has 1 aliphatic rings. The van der Waals surface area contributed by atoms with Gasteiger partial charge in [-0.2, -0.15) is 5.10 Å². The van der Waals surface area contributed by atoms with Crippen LogP contribution >= 0.6 is 22.6 Å². The molecule has 1 aromatic carbocycles. The molecule has 1 aromatic heterocycles. The maximum Gasteiger partial charge on any atom is 0.231 e. The number of anilines is 1. The van der Waals surface area contributed by atoms with Crippen molar-refractivity contribution >= 4 is 28.4 Å². The predicted molar refractivity (Wildman–Crippen MR) is 77.6 cm³/mol. The van der Waals surface area contributed by atoms with Crippen LogP contribution in [0, 0.1) is 3.57 Å². The largest absolute Gasteiger partial charge is 0.493 e. The molecule has 0 radical (unpaired) electrons. The molecular weight excluding hydrogens is 361 g/mol. The maximum absolute atomic E-state index is 5.94. The molecule has 3 rings (SSSR count). The molecule has 6 nitrogen and oxygen atoms in total. The van der Waals surface area contributed by atoms with E-state index in [1.165, 1.54) is 0 Å². The van der Waals surface area contributed by atoms with Crippen LogP contribution in [0.25, 0.3) is 0 Å². The molecule has 7 heteroatoms. The molecule has 0 amide bonds. The molecule has 0 aliphatic carbocycles. The molecule has 2 N–H and O–H groups in total. The quantitative estimate of drug-likeness (QED) is 0.832. The minimum atomic E-state index is 0.219. The fourth-order valence-corrected chi connectivity index (χ4v) is 2.35. The van der Waals surface area contributed by atoms with Crippen molar-refractivity contribution < 1.29 is 14.2 Å². The van der Waals surface area contributed by atoms with E-state index >= 15 is 0 Å². The van der Waals surface area contributed by atoms with Crippen molar-refractivity contribution in [1.82, 2.24) is 9.78 Å². The van der Waals surface area contributed by atoms with Crippen molar-refractivity contribution in [2.75, 3.05) is 19.6 Å². The van der Waals surface area contributed by atoms with Crippen LogP contribution in [0.3, 0.4) is 0 Å². The second kappa shape index (κ2) is 4.80. The number of aromatic nitrogens is 2. The van der Waals surface area contributed by atoms with Crippen molar-refractivity contribution in [1.29, 1.82) is 0 Å². The lowest BCUT2D eigenvalue weighted by molar-refractivity contribution is 0.171.